The fourth-order valence-corrected chi connectivity index (χ4v) is 4.82. The number of Topliss-reactive ketones (excluding diaryl/α,β-unsaturated/α-hetero) is 1. The average molecular weight is 504 g/mol. The number of halogens is 1. The number of rotatable bonds is 6. The lowest BCUT2D eigenvalue weighted by Gasteiger charge is -2.12. The van der Waals surface area contributed by atoms with Crippen molar-refractivity contribution in [1.82, 2.24) is 5.32 Å². The Morgan fingerprint density at radius 2 is 1.41 bits per heavy atom. The maximum absolute atomic E-state index is 13.2. The highest BCUT2D eigenvalue weighted by atomic mass is 35.5. The number of allylic oxidation sites excluding steroid dienone is 3. The molecule has 3 aromatic carbocycles. The Morgan fingerprint density at radius 3 is 1.94 bits per heavy atom. The van der Waals surface area contributed by atoms with E-state index in [9.17, 15) is 9.59 Å². The highest BCUT2D eigenvalue weighted by molar-refractivity contribution is 8.26. The van der Waals surface area contributed by atoms with Crippen molar-refractivity contribution in [2.45, 2.75) is 20.3 Å². The van der Waals surface area contributed by atoms with Crippen LogP contribution in [0, 0.1) is 13.8 Å². The van der Waals surface area contributed by atoms with Crippen LogP contribution in [0.15, 0.2) is 83.8 Å². The number of nitrogens with one attached hydrogen (secondary N) is 1. The summed E-state index contributed by atoms with van der Waals surface area (Å²) in [4.78, 5) is 26.4. The van der Waals surface area contributed by atoms with Gasteiger partial charge in [-0.1, -0.05) is 107 Å². The summed E-state index contributed by atoms with van der Waals surface area (Å²) in [5.41, 5.74) is 6.10. The monoisotopic (exact) mass is 503 g/mol. The molecule has 1 heterocycles. The molecule has 3 nitrogen and oxygen atoms in total. The van der Waals surface area contributed by atoms with Crippen LogP contribution >= 0.6 is 35.6 Å². The molecule has 0 unspecified atom stereocenters. The van der Waals surface area contributed by atoms with Crippen LogP contribution in [0.1, 0.15) is 39.0 Å². The molecule has 0 aliphatic carbocycles. The molecule has 0 saturated carbocycles. The van der Waals surface area contributed by atoms with E-state index < -0.39 is 0 Å². The van der Waals surface area contributed by atoms with Gasteiger partial charge in [-0.3, -0.25) is 9.59 Å². The smallest absolute Gasteiger partial charge is 0.264 e. The van der Waals surface area contributed by atoms with Crippen LogP contribution in [0.3, 0.4) is 0 Å². The number of ketones is 1. The zero-order chi connectivity index (χ0) is 24.2. The number of thiocarbonyl (C=S) groups is 1. The minimum Gasteiger partial charge on any atom is -0.307 e. The van der Waals surface area contributed by atoms with Gasteiger partial charge in [-0.2, -0.15) is 0 Å². The fraction of sp³-hybridized carbons (Fsp3) is 0.107. The number of amides is 1. The first-order valence-corrected chi connectivity index (χ1v) is 12.3. The predicted octanol–water partition coefficient (Wildman–Crippen LogP) is 7.17. The second-order valence-corrected chi connectivity index (χ2v) is 10.2. The van der Waals surface area contributed by atoms with Gasteiger partial charge < -0.3 is 5.32 Å². The van der Waals surface area contributed by atoms with E-state index in [0.29, 0.717) is 19.8 Å². The first kappa shape index (κ1) is 24.1. The molecule has 170 valence electrons. The van der Waals surface area contributed by atoms with Crippen molar-refractivity contribution in [3.8, 4) is 0 Å². The van der Waals surface area contributed by atoms with Crippen molar-refractivity contribution in [2.24, 2.45) is 0 Å². The van der Waals surface area contributed by atoms with E-state index >= 15 is 0 Å². The second-order valence-electron chi connectivity index (χ2n) is 8.09. The average Bonchev–Trinajstić information content (AvgIpc) is 3.15. The standard InChI is InChI=1S/C28H22ClNO2S2/c1-17-3-7-20(8-4-17)24(26-27(32)30-28(33)34-26)15-22(19-11-13-23(29)14-12-19)16-25(31)21-9-5-18(2)6-10-21/h3-15H,16H2,1-2H3,(H,30,32,33). The highest BCUT2D eigenvalue weighted by Gasteiger charge is 2.26. The molecule has 1 fully saturated rings. The molecule has 6 heteroatoms. The van der Waals surface area contributed by atoms with Crippen LogP contribution in [0.2, 0.25) is 5.02 Å². The summed E-state index contributed by atoms with van der Waals surface area (Å²) >= 11 is 12.6. The number of hydrogen-bond donors (Lipinski definition) is 1. The van der Waals surface area contributed by atoms with Gasteiger partial charge in [0.2, 0.25) is 0 Å². The third kappa shape index (κ3) is 5.73. The lowest BCUT2D eigenvalue weighted by molar-refractivity contribution is -0.115. The van der Waals surface area contributed by atoms with E-state index in [1.807, 2.05) is 80.6 Å². The molecule has 1 N–H and O–H groups in total. The molecule has 0 spiro atoms. The van der Waals surface area contributed by atoms with E-state index in [2.05, 4.69) is 5.32 Å². The van der Waals surface area contributed by atoms with Gasteiger partial charge in [-0.15, -0.1) is 0 Å². The van der Waals surface area contributed by atoms with Crippen molar-refractivity contribution in [1.29, 1.82) is 0 Å². The lowest BCUT2D eigenvalue weighted by atomic mass is 9.93. The molecule has 1 amide bonds. The summed E-state index contributed by atoms with van der Waals surface area (Å²) in [5.74, 6) is -0.240. The molecule has 0 radical (unpaired) electrons. The molecule has 1 aliphatic heterocycles. The van der Waals surface area contributed by atoms with E-state index in [-0.39, 0.29) is 18.1 Å². The van der Waals surface area contributed by atoms with E-state index in [1.54, 1.807) is 12.1 Å². The number of aryl methyl sites for hydroxylation is 2. The third-order valence-corrected chi connectivity index (χ3v) is 6.98. The lowest BCUT2D eigenvalue weighted by Crippen LogP contribution is -2.18. The van der Waals surface area contributed by atoms with E-state index in [1.165, 1.54) is 11.8 Å². The minimum atomic E-state index is -0.234. The molecule has 1 aliphatic rings. The number of carbonyl (C=O) groups is 2. The SMILES string of the molecule is Cc1ccc(C(=O)CC(=CC(=C2SC(=S)NC2=O)c2ccc(C)cc2)c2ccc(Cl)cc2)cc1. The van der Waals surface area contributed by atoms with Crippen molar-refractivity contribution >= 4 is 62.7 Å². The Kier molecular flexibility index (Phi) is 7.47. The third-order valence-electron chi connectivity index (χ3n) is 5.48. The van der Waals surface area contributed by atoms with Gasteiger partial charge >= 0.3 is 0 Å². The summed E-state index contributed by atoms with van der Waals surface area (Å²) in [6, 6.07) is 22.9. The van der Waals surface area contributed by atoms with Gasteiger partial charge in [0.1, 0.15) is 4.32 Å². The molecule has 0 bridgehead atoms. The Bertz CT molecular complexity index is 1320. The molecule has 4 rings (SSSR count). The van der Waals surface area contributed by atoms with Crippen LogP contribution in [0.4, 0.5) is 0 Å². The number of carbonyl (C=O) groups excluding carboxylic acids is 2. The van der Waals surface area contributed by atoms with Gasteiger partial charge in [0, 0.05) is 22.6 Å². The topological polar surface area (TPSA) is 46.2 Å². The maximum atomic E-state index is 13.2. The van der Waals surface area contributed by atoms with Crippen LogP contribution in [-0.2, 0) is 4.79 Å². The van der Waals surface area contributed by atoms with Gasteiger partial charge in [-0.25, -0.2) is 0 Å². The molecule has 3 aromatic rings. The van der Waals surface area contributed by atoms with Crippen LogP contribution in [0.5, 0.6) is 0 Å². The first-order valence-electron chi connectivity index (χ1n) is 10.7. The fourth-order valence-electron chi connectivity index (χ4n) is 3.59. The van der Waals surface area contributed by atoms with Crippen LogP contribution in [0.25, 0.3) is 11.1 Å². The highest BCUT2D eigenvalue weighted by Crippen LogP contribution is 2.36. The zero-order valence-electron chi connectivity index (χ0n) is 18.7. The van der Waals surface area contributed by atoms with E-state index in [0.717, 1.165) is 33.4 Å². The Labute approximate surface area is 213 Å². The Morgan fingerprint density at radius 1 is 0.882 bits per heavy atom. The summed E-state index contributed by atoms with van der Waals surface area (Å²) < 4.78 is 0.418. The summed E-state index contributed by atoms with van der Waals surface area (Å²) in [6.45, 7) is 4.00. The van der Waals surface area contributed by atoms with Gasteiger partial charge in [0.25, 0.3) is 5.91 Å². The van der Waals surface area contributed by atoms with Crippen molar-refractivity contribution < 1.29 is 9.59 Å². The molecule has 0 aromatic heterocycles. The van der Waals surface area contributed by atoms with Gasteiger partial charge in [0.15, 0.2) is 5.78 Å². The van der Waals surface area contributed by atoms with Crippen LogP contribution < -0.4 is 5.32 Å². The Balaban J connectivity index is 1.85. The van der Waals surface area contributed by atoms with E-state index in [4.69, 9.17) is 23.8 Å². The molecular weight excluding hydrogens is 482 g/mol. The molecule has 34 heavy (non-hydrogen) atoms. The largest absolute Gasteiger partial charge is 0.307 e. The van der Waals surface area contributed by atoms with Crippen LogP contribution in [-0.4, -0.2) is 16.0 Å². The zero-order valence-corrected chi connectivity index (χ0v) is 21.1. The van der Waals surface area contributed by atoms with Crippen molar-refractivity contribution in [3.63, 3.8) is 0 Å². The molecule has 0 atom stereocenters. The minimum absolute atomic E-state index is 0.00602. The first-order chi connectivity index (χ1) is 16.3. The molecular formula is C28H22ClNO2S2. The van der Waals surface area contributed by atoms with Crippen molar-refractivity contribution in [2.75, 3.05) is 0 Å². The van der Waals surface area contributed by atoms with Gasteiger partial charge in [-0.05, 0) is 48.8 Å². The summed E-state index contributed by atoms with van der Waals surface area (Å²) in [5, 5.41) is 3.32. The second kappa shape index (κ2) is 10.5. The number of thioether (sulfide) groups is 1. The Hall–Kier alpha value is -2.99. The number of benzene rings is 3. The molecule has 1 saturated heterocycles. The van der Waals surface area contributed by atoms with Crippen molar-refractivity contribution in [3.05, 3.63) is 117 Å². The summed E-state index contributed by atoms with van der Waals surface area (Å²) in [6.07, 6.45) is 2.10. The summed E-state index contributed by atoms with van der Waals surface area (Å²) in [7, 11) is 0. The number of hydrogen-bond acceptors (Lipinski definition) is 4. The van der Waals surface area contributed by atoms with Gasteiger partial charge in [0.05, 0.1) is 4.91 Å². The predicted molar refractivity (Wildman–Crippen MR) is 146 cm³/mol. The quantitative estimate of drug-likeness (QED) is 0.220. The normalized spacial score (nSPS) is 15.3. The maximum Gasteiger partial charge on any atom is 0.264 e.